The van der Waals surface area contributed by atoms with Gasteiger partial charge in [-0.05, 0) is 50.3 Å². The lowest BCUT2D eigenvalue weighted by Crippen LogP contribution is -2.37. The van der Waals surface area contributed by atoms with Crippen molar-refractivity contribution >= 4 is 5.91 Å². The van der Waals surface area contributed by atoms with E-state index in [1.54, 1.807) is 0 Å². The van der Waals surface area contributed by atoms with Crippen LogP contribution in [-0.2, 0) is 4.79 Å². The Labute approximate surface area is 108 Å². The first-order valence-electron chi connectivity index (χ1n) is 6.62. The number of rotatable bonds is 4. The van der Waals surface area contributed by atoms with Crippen molar-refractivity contribution in [2.24, 2.45) is 11.7 Å². The van der Waals surface area contributed by atoms with Gasteiger partial charge in [-0.3, -0.25) is 9.78 Å². The molecule has 1 atom stereocenters. The highest BCUT2D eigenvalue weighted by molar-refractivity contribution is 5.76. The van der Waals surface area contributed by atoms with E-state index < -0.39 is 0 Å². The Morgan fingerprint density at radius 3 is 2.50 bits per heavy atom. The highest BCUT2D eigenvalue weighted by Crippen LogP contribution is 2.25. The van der Waals surface area contributed by atoms with Gasteiger partial charge in [0.25, 0.3) is 0 Å². The molecule has 4 heteroatoms. The summed E-state index contributed by atoms with van der Waals surface area (Å²) in [4.78, 5) is 15.1. The van der Waals surface area contributed by atoms with E-state index in [2.05, 4.69) is 17.2 Å². The van der Waals surface area contributed by atoms with E-state index in [1.165, 1.54) is 5.56 Å². The fourth-order valence-corrected chi connectivity index (χ4v) is 2.65. The SMILES string of the molecule is CC(NC1CCC(C(N)=O)CC1)c1ccncc1. The Morgan fingerprint density at radius 1 is 1.33 bits per heavy atom. The molecule has 0 bridgehead atoms. The molecular weight excluding hydrogens is 226 g/mol. The van der Waals surface area contributed by atoms with Crippen LogP contribution in [0, 0.1) is 5.92 Å². The third-order valence-corrected chi connectivity index (χ3v) is 3.82. The van der Waals surface area contributed by atoms with Crippen LogP contribution in [0.5, 0.6) is 0 Å². The molecule has 1 unspecified atom stereocenters. The molecule has 0 spiro atoms. The highest BCUT2D eigenvalue weighted by atomic mass is 16.1. The predicted octanol–water partition coefficient (Wildman–Crippen LogP) is 1.78. The molecule has 2 rings (SSSR count). The lowest BCUT2D eigenvalue weighted by molar-refractivity contribution is -0.122. The molecule has 1 aromatic heterocycles. The molecule has 1 aliphatic rings. The van der Waals surface area contributed by atoms with Crippen molar-refractivity contribution in [2.45, 2.75) is 44.7 Å². The van der Waals surface area contributed by atoms with Crippen molar-refractivity contribution < 1.29 is 4.79 Å². The van der Waals surface area contributed by atoms with E-state index in [0.717, 1.165) is 25.7 Å². The van der Waals surface area contributed by atoms with Crippen LogP contribution in [0.2, 0.25) is 0 Å². The molecule has 0 aromatic carbocycles. The third kappa shape index (κ3) is 3.29. The van der Waals surface area contributed by atoms with Crippen LogP contribution in [0.1, 0.15) is 44.2 Å². The van der Waals surface area contributed by atoms with Crippen molar-refractivity contribution in [1.82, 2.24) is 10.3 Å². The molecule has 1 heterocycles. The summed E-state index contributed by atoms with van der Waals surface area (Å²) < 4.78 is 0. The number of carbonyl (C=O) groups excluding carboxylic acids is 1. The number of nitrogens with zero attached hydrogens (tertiary/aromatic N) is 1. The maximum atomic E-state index is 11.1. The van der Waals surface area contributed by atoms with Gasteiger partial charge in [0.2, 0.25) is 5.91 Å². The first-order valence-corrected chi connectivity index (χ1v) is 6.62. The standard InChI is InChI=1S/C14H21N3O/c1-10(11-6-8-16-9-7-11)17-13-4-2-12(3-5-13)14(15)18/h6-10,12-13,17H,2-5H2,1H3,(H2,15,18). The molecule has 1 fully saturated rings. The number of pyridine rings is 1. The van der Waals surface area contributed by atoms with E-state index in [4.69, 9.17) is 5.73 Å². The van der Waals surface area contributed by atoms with E-state index >= 15 is 0 Å². The van der Waals surface area contributed by atoms with Crippen molar-refractivity contribution in [3.63, 3.8) is 0 Å². The molecule has 18 heavy (non-hydrogen) atoms. The Kier molecular flexibility index (Phi) is 4.31. The van der Waals surface area contributed by atoms with Gasteiger partial charge in [0.15, 0.2) is 0 Å². The minimum absolute atomic E-state index is 0.0827. The average molecular weight is 247 g/mol. The van der Waals surface area contributed by atoms with Crippen molar-refractivity contribution in [1.29, 1.82) is 0 Å². The topological polar surface area (TPSA) is 68.0 Å². The summed E-state index contributed by atoms with van der Waals surface area (Å²) in [5, 5.41) is 3.61. The van der Waals surface area contributed by atoms with Crippen molar-refractivity contribution in [3.05, 3.63) is 30.1 Å². The lowest BCUT2D eigenvalue weighted by atomic mass is 9.85. The molecule has 0 saturated heterocycles. The van der Waals surface area contributed by atoms with E-state index in [-0.39, 0.29) is 11.8 Å². The van der Waals surface area contributed by atoms with Gasteiger partial charge in [-0.15, -0.1) is 0 Å². The minimum atomic E-state index is -0.143. The molecule has 0 radical (unpaired) electrons. The number of hydrogen-bond donors (Lipinski definition) is 2. The smallest absolute Gasteiger partial charge is 0.220 e. The molecule has 0 aliphatic heterocycles. The van der Waals surface area contributed by atoms with Crippen LogP contribution in [0.3, 0.4) is 0 Å². The van der Waals surface area contributed by atoms with Gasteiger partial charge in [0.1, 0.15) is 0 Å². The van der Waals surface area contributed by atoms with Crippen LogP contribution in [0.25, 0.3) is 0 Å². The zero-order valence-electron chi connectivity index (χ0n) is 10.8. The van der Waals surface area contributed by atoms with Gasteiger partial charge in [0.05, 0.1) is 0 Å². The summed E-state index contributed by atoms with van der Waals surface area (Å²) >= 11 is 0. The van der Waals surface area contributed by atoms with Crippen molar-refractivity contribution in [2.75, 3.05) is 0 Å². The van der Waals surface area contributed by atoms with Crippen molar-refractivity contribution in [3.8, 4) is 0 Å². The molecule has 1 amide bonds. The second-order valence-corrected chi connectivity index (χ2v) is 5.12. The van der Waals surface area contributed by atoms with Crippen LogP contribution >= 0.6 is 0 Å². The van der Waals surface area contributed by atoms with Gasteiger partial charge in [-0.2, -0.15) is 0 Å². The van der Waals surface area contributed by atoms with E-state index in [0.29, 0.717) is 12.1 Å². The predicted molar refractivity (Wildman–Crippen MR) is 70.7 cm³/mol. The highest BCUT2D eigenvalue weighted by Gasteiger charge is 2.25. The molecule has 3 N–H and O–H groups in total. The van der Waals surface area contributed by atoms with E-state index in [1.807, 2.05) is 24.5 Å². The maximum Gasteiger partial charge on any atom is 0.220 e. The summed E-state index contributed by atoms with van der Waals surface area (Å²) in [6.45, 7) is 2.16. The zero-order valence-corrected chi connectivity index (χ0v) is 10.8. The summed E-state index contributed by atoms with van der Waals surface area (Å²) in [6, 6.07) is 4.88. The number of hydrogen-bond acceptors (Lipinski definition) is 3. The fraction of sp³-hybridized carbons (Fsp3) is 0.571. The van der Waals surface area contributed by atoms with Gasteiger partial charge >= 0.3 is 0 Å². The normalized spacial score (nSPS) is 25.6. The molecule has 1 saturated carbocycles. The quantitative estimate of drug-likeness (QED) is 0.852. The summed E-state index contributed by atoms with van der Waals surface area (Å²) in [5.41, 5.74) is 6.59. The van der Waals surface area contributed by atoms with Crippen LogP contribution in [-0.4, -0.2) is 16.9 Å². The first-order chi connectivity index (χ1) is 8.66. The number of carbonyl (C=O) groups is 1. The van der Waals surface area contributed by atoms with Crippen LogP contribution in [0.15, 0.2) is 24.5 Å². The molecule has 1 aliphatic carbocycles. The van der Waals surface area contributed by atoms with E-state index in [9.17, 15) is 4.79 Å². The average Bonchev–Trinajstić information content (AvgIpc) is 2.40. The van der Waals surface area contributed by atoms with Crippen LogP contribution < -0.4 is 11.1 Å². The van der Waals surface area contributed by atoms with Gasteiger partial charge in [-0.25, -0.2) is 0 Å². The summed E-state index contributed by atoms with van der Waals surface area (Å²) in [7, 11) is 0. The number of primary amides is 1. The Bertz CT molecular complexity index is 385. The summed E-state index contributed by atoms with van der Waals surface area (Å²) in [5.74, 6) is -0.0603. The Hall–Kier alpha value is -1.42. The lowest BCUT2D eigenvalue weighted by Gasteiger charge is -2.30. The second kappa shape index (κ2) is 5.96. The van der Waals surface area contributed by atoms with Gasteiger partial charge < -0.3 is 11.1 Å². The molecule has 98 valence electrons. The third-order valence-electron chi connectivity index (χ3n) is 3.82. The number of aromatic nitrogens is 1. The van der Waals surface area contributed by atoms with Gasteiger partial charge in [0, 0.05) is 30.4 Å². The monoisotopic (exact) mass is 247 g/mol. The van der Waals surface area contributed by atoms with Crippen LogP contribution in [0.4, 0.5) is 0 Å². The first kappa shape index (κ1) is 13.0. The Balaban J connectivity index is 1.83. The fourth-order valence-electron chi connectivity index (χ4n) is 2.65. The second-order valence-electron chi connectivity index (χ2n) is 5.12. The van der Waals surface area contributed by atoms with Gasteiger partial charge in [-0.1, -0.05) is 0 Å². The largest absolute Gasteiger partial charge is 0.369 e. The molecular formula is C14H21N3O. The summed E-state index contributed by atoms with van der Waals surface area (Å²) in [6.07, 6.45) is 7.52. The molecule has 1 aromatic rings. The maximum absolute atomic E-state index is 11.1. The zero-order chi connectivity index (χ0) is 13.0. The minimum Gasteiger partial charge on any atom is -0.369 e. The number of nitrogens with two attached hydrogens (primary N) is 1. The molecule has 4 nitrogen and oxygen atoms in total. The number of nitrogens with one attached hydrogen (secondary N) is 1. The number of amides is 1. The Morgan fingerprint density at radius 2 is 1.94 bits per heavy atom.